The van der Waals surface area contributed by atoms with Crippen LogP contribution in [-0.2, 0) is 11.8 Å². The number of carbonyl (C=O) groups excluding carboxylic acids is 1. The lowest BCUT2D eigenvalue weighted by atomic mass is 9.83. The molecule has 1 aliphatic carbocycles. The molecular weight excluding hydrogens is 312 g/mol. The van der Waals surface area contributed by atoms with Crippen LogP contribution >= 0.6 is 12.4 Å². The number of carbonyl (C=O) groups is 1. The first-order valence-electron chi connectivity index (χ1n) is 8.67. The molecule has 0 bridgehead atoms. The molecule has 1 aromatic heterocycles. The van der Waals surface area contributed by atoms with Crippen molar-refractivity contribution in [1.29, 1.82) is 0 Å². The van der Waals surface area contributed by atoms with Crippen molar-refractivity contribution >= 4 is 18.3 Å². The zero-order valence-corrected chi connectivity index (χ0v) is 14.9. The molecule has 2 N–H and O–H groups in total. The Labute approximate surface area is 145 Å². The fraction of sp³-hybridized carbons (Fsp3) is 0.765. The largest absolute Gasteiger partial charge is 0.353 e. The summed E-state index contributed by atoms with van der Waals surface area (Å²) < 4.78 is 1.82. The highest BCUT2D eigenvalue weighted by atomic mass is 35.5. The van der Waals surface area contributed by atoms with Gasteiger partial charge in [0.1, 0.15) is 0 Å². The van der Waals surface area contributed by atoms with Crippen LogP contribution in [0.3, 0.4) is 0 Å². The van der Waals surface area contributed by atoms with Gasteiger partial charge in [0.15, 0.2) is 0 Å². The summed E-state index contributed by atoms with van der Waals surface area (Å²) in [6.45, 7) is 3.90. The van der Waals surface area contributed by atoms with E-state index >= 15 is 0 Å². The number of nitrogens with one attached hydrogen (secondary N) is 2. The van der Waals surface area contributed by atoms with Crippen LogP contribution in [0, 0.1) is 11.8 Å². The minimum absolute atomic E-state index is 0. The number of hydrogen-bond donors (Lipinski definition) is 2. The van der Waals surface area contributed by atoms with E-state index in [1.165, 1.54) is 24.8 Å². The Kier molecular flexibility index (Phi) is 6.48. The molecule has 3 rings (SSSR count). The first kappa shape index (κ1) is 18.3. The van der Waals surface area contributed by atoms with Crippen LogP contribution in [0.4, 0.5) is 0 Å². The SMILES string of the molecule is CCC1CCCC(NC(=O)[C@H]2CNC[C@@H]2c2cnn(C)c2)C1.Cl. The van der Waals surface area contributed by atoms with E-state index in [0.29, 0.717) is 6.04 Å². The van der Waals surface area contributed by atoms with E-state index in [2.05, 4.69) is 22.7 Å². The summed E-state index contributed by atoms with van der Waals surface area (Å²) in [5.74, 6) is 1.29. The molecule has 1 amide bonds. The van der Waals surface area contributed by atoms with Gasteiger partial charge in [0.25, 0.3) is 0 Å². The molecule has 2 aliphatic rings. The van der Waals surface area contributed by atoms with E-state index in [9.17, 15) is 4.79 Å². The normalized spacial score (nSPS) is 30.7. The average molecular weight is 341 g/mol. The Morgan fingerprint density at radius 3 is 2.96 bits per heavy atom. The van der Waals surface area contributed by atoms with Crippen LogP contribution in [0.1, 0.15) is 50.5 Å². The smallest absolute Gasteiger partial charge is 0.225 e. The number of aryl methyl sites for hydroxylation is 1. The third-order valence-corrected chi connectivity index (χ3v) is 5.41. The highest BCUT2D eigenvalue weighted by Crippen LogP contribution is 2.30. The van der Waals surface area contributed by atoms with Crippen molar-refractivity contribution < 1.29 is 4.79 Å². The maximum absolute atomic E-state index is 12.7. The molecular formula is C17H29ClN4O. The van der Waals surface area contributed by atoms with E-state index in [-0.39, 0.29) is 30.2 Å². The molecule has 23 heavy (non-hydrogen) atoms. The highest BCUT2D eigenvalue weighted by molar-refractivity contribution is 5.85. The van der Waals surface area contributed by atoms with Crippen LogP contribution in [-0.4, -0.2) is 34.8 Å². The fourth-order valence-electron chi connectivity index (χ4n) is 4.04. The third-order valence-electron chi connectivity index (χ3n) is 5.41. The second-order valence-electron chi connectivity index (χ2n) is 6.96. The van der Waals surface area contributed by atoms with E-state index in [4.69, 9.17) is 0 Å². The van der Waals surface area contributed by atoms with Gasteiger partial charge in [0.2, 0.25) is 5.91 Å². The summed E-state index contributed by atoms with van der Waals surface area (Å²) in [7, 11) is 1.92. The fourth-order valence-corrected chi connectivity index (χ4v) is 4.04. The van der Waals surface area contributed by atoms with Crippen molar-refractivity contribution in [3.05, 3.63) is 18.0 Å². The molecule has 2 fully saturated rings. The van der Waals surface area contributed by atoms with Gasteiger partial charge in [0, 0.05) is 38.3 Å². The Bertz CT molecular complexity index is 518. The summed E-state index contributed by atoms with van der Waals surface area (Å²) in [6, 6.07) is 0.376. The van der Waals surface area contributed by atoms with Gasteiger partial charge in [-0.05, 0) is 24.3 Å². The molecule has 4 atom stereocenters. The van der Waals surface area contributed by atoms with Crippen LogP contribution in [0.5, 0.6) is 0 Å². The van der Waals surface area contributed by atoms with Crippen molar-refractivity contribution in [3.8, 4) is 0 Å². The quantitative estimate of drug-likeness (QED) is 0.883. The van der Waals surface area contributed by atoms with Crippen molar-refractivity contribution in [3.63, 3.8) is 0 Å². The molecule has 1 aliphatic heterocycles. The first-order valence-corrected chi connectivity index (χ1v) is 8.67. The van der Waals surface area contributed by atoms with E-state index in [0.717, 1.165) is 31.8 Å². The van der Waals surface area contributed by atoms with Gasteiger partial charge in [-0.3, -0.25) is 9.48 Å². The number of aromatic nitrogens is 2. The number of hydrogen-bond acceptors (Lipinski definition) is 3. The van der Waals surface area contributed by atoms with Crippen molar-refractivity contribution in [1.82, 2.24) is 20.4 Å². The lowest BCUT2D eigenvalue weighted by molar-refractivity contribution is -0.125. The van der Waals surface area contributed by atoms with E-state index in [1.807, 2.05) is 24.1 Å². The zero-order valence-electron chi connectivity index (χ0n) is 14.1. The van der Waals surface area contributed by atoms with Gasteiger partial charge >= 0.3 is 0 Å². The molecule has 0 radical (unpaired) electrons. The second-order valence-corrected chi connectivity index (χ2v) is 6.96. The Morgan fingerprint density at radius 2 is 2.26 bits per heavy atom. The van der Waals surface area contributed by atoms with Gasteiger partial charge in [-0.1, -0.05) is 26.2 Å². The molecule has 1 aromatic rings. The van der Waals surface area contributed by atoms with Crippen LogP contribution < -0.4 is 10.6 Å². The first-order chi connectivity index (χ1) is 10.7. The summed E-state index contributed by atoms with van der Waals surface area (Å²) in [5, 5.41) is 10.9. The summed E-state index contributed by atoms with van der Waals surface area (Å²) >= 11 is 0. The molecule has 5 nitrogen and oxygen atoms in total. The maximum Gasteiger partial charge on any atom is 0.225 e. The van der Waals surface area contributed by atoms with E-state index < -0.39 is 0 Å². The molecule has 2 unspecified atom stereocenters. The maximum atomic E-state index is 12.7. The molecule has 6 heteroatoms. The number of amides is 1. The Morgan fingerprint density at radius 1 is 1.43 bits per heavy atom. The van der Waals surface area contributed by atoms with Gasteiger partial charge < -0.3 is 10.6 Å². The van der Waals surface area contributed by atoms with Crippen molar-refractivity contribution in [2.24, 2.45) is 18.9 Å². The number of halogens is 1. The predicted octanol–water partition coefficient (Wildman–Crippen LogP) is 2.23. The summed E-state index contributed by atoms with van der Waals surface area (Å²) in [6.07, 6.45) is 10.0. The van der Waals surface area contributed by atoms with Crippen LogP contribution in [0.2, 0.25) is 0 Å². The van der Waals surface area contributed by atoms with Gasteiger partial charge in [-0.25, -0.2) is 0 Å². The molecule has 0 spiro atoms. The van der Waals surface area contributed by atoms with Gasteiger partial charge in [-0.15, -0.1) is 12.4 Å². The monoisotopic (exact) mass is 340 g/mol. The molecule has 1 saturated carbocycles. The Hall–Kier alpha value is -1.07. The van der Waals surface area contributed by atoms with Crippen LogP contribution in [0.25, 0.3) is 0 Å². The molecule has 1 saturated heterocycles. The lowest BCUT2D eigenvalue weighted by Gasteiger charge is -2.30. The minimum atomic E-state index is 0. The second kappa shape index (κ2) is 8.15. The standard InChI is InChI=1S/C17H28N4O.ClH/c1-3-12-5-4-6-14(7-12)20-17(22)16-10-18-9-15(16)13-8-19-21(2)11-13;/h8,11-12,14-16,18H,3-7,9-10H2,1-2H3,(H,20,22);1H/t12?,14?,15-,16+;/m1./s1. The third kappa shape index (κ3) is 4.27. The molecule has 130 valence electrons. The lowest BCUT2D eigenvalue weighted by Crippen LogP contribution is -2.43. The van der Waals surface area contributed by atoms with Gasteiger partial charge in [-0.2, -0.15) is 5.10 Å². The highest BCUT2D eigenvalue weighted by Gasteiger charge is 2.36. The zero-order chi connectivity index (χ0) is 15.5. The van der Waals surface area contributed by atoms with Crippen molar-refractivity contribution in [2.75, 3.05) is 13.1 Å². The van der Waals surface area contributed by atoms with E-state index in [1.54, 1.807) is 0 Å². The minimum Gasteiger partial charge on any atom is -0.353 e. The number of nitrogens with zero attached hydrogens (tertiary/aromatic N) is 2. The topological polar surface area (TPSA) is 59.0 Å². The average Bonchev–Trinajstić information content (AvgIpc) is 3.15. The van der Waals surface area contributed by atoms with Crippen molar-refractivity contribution in [2.45, 2.75) is 51.0 Å². The number of rotatable bonds is 4. The van der Waals surface area contributed by atoms with Crippen LogP contribution in [0.15, 0.2) is 12.4 Å². The van der Waals surface area contributed by atoms with Gasteiger partial charge in [0.05, 0.1) is 12.1 Å². The summed E-state index contributed by atoms with van der Waals surface area (Å²) in [4.78, 5) is 12.7. The molecule has 2 heterocycles. The Balaban J connectivity index is 0.00000192. The molecule has 0 aromatic carbocycles. The summed E-state index contributed by atoms with van der Waals surface area (Å²) in [5.41, 5.74) is 1.17. The predicted molar refractivity (Wildman–Crippen MR) is 93.7 cm³/mol.